The van der Waals surface area contributed by atoms with Crippen LogP contribution in [0.25, 0.3) is 0 Å². The van der Waals surface area contributed by atoms with Gasteiger partial charge in [0, 0.05) is 19.3 Å². The van der Waals surface area contributed by atoms with Crippen LogP contribution in [0.2, 0.25) is 0 Å². The van der Waals surface area contributed by atoms with Crippen LogP contribution in [-0.4, -0.2) is 27.8 Å². The van der Waals surface area contributed by atoms with Crippen molar-refractivity contribution in [3.8, 4) is 0 Å². The summed E-state index contributed by atoms with van der Waals surface area (Å²) in [7, 11) is 1.97. The maximum atomic E-state index is 13.0. The molecular weight excluding hydrogens is 265 g/mol. The Bertz CT molecular complexity index is 582. The number of halogens is 1. The van der Waals surface area contributed by atoms with E-state index in [1.54, 1.807) is 12.1 Å². The number of hydrogen-bond donors (Lipinski definition) is 0. The van der Waals surface area contributed by atoms with Crippen LogP contribution in [0.5, 0.6) is 0 Å². The van der Waals surface area contributed by atoms with Gasteiger partial charge in [0.2, 0.25) is 0 Å². The van der Waals surface area contributed by atoms with Crippen LogP contribution in [-0.2, 0) is 7.05 Å². The second-order valence-electron chi connectivity index (χ2n) is 5.99. The quantitative estimate of drug-likeness (QED) is 0.861. The van der Waals surface area contributed by atoms with Crippen molar-refractivity contribution in [3.63, 3.8) is 0 Å². The van der Waals surface area contributed by atoms with Crippen LogP contribution in [0.15, 0.2) is 36.7 Å². The molecule has 0 bridgehead atoms. The highest BCUT2D eigenvalue weighted by molar-refractivity contribution is 5.20. The Hall–Kier alpha value is -1.68. The summed E-state index contributed by atoms with van der Waals surface area (Å²) in [5.41, 5.74) is 2.54. The normalized spacial score (nSPS) is 18.8. The molecule has 1 aromatic heterocycles. The summed E-state index contributed by atoms with van der Waals surface area (Å²) in [5, 5.41) is 4.27. The molecule has 1 aliphatic heterocycles. The molecule has 112 valence electrons. The molecule has 0 radical (unpaired) electrons. The first-order chi connectivity index (χ1) is 10.1. The Morgan fingerprint density at radius 1 is 1.19 bits per heavy atom. The predicted octanol–water partition coefficient (Wildman–Crippen LogP) is 3.50. The van der Waals surface area contributed by atoms with Crippen molar-refractivity contribution in [1.82, 2.24) is 14.7 Å². The third-order valence-electron chi connectivity index (χ3n) is 4.63. The molecule has 1 aliphatic rings. The zero-order valence-corrected chi connectivity index (χ0v) is 12.7. The molecule has 4 heteroatoms. The van der Waals surface area contributed by atoms with Crippen molar-refractivity contribution in [2.75, 3.05) is 13.1 Å². The number of aromatic nitrogens is 2. The van der Waals surface area contributed by atoms with Gasteiger partial charge in [-0.05, 0) is 62.0 Å². The molecule has 2 heterocycles. The lowest BCUT2D eigenvalue weighted by atomic mass is 9.90. The van der Waals surface area contributed by atoms with Gasteiger partial charge in [-0.1, -0.05) is 12.1 Å². The third kappa shape index (κ3) is 3.16. The number of hydrogen-bond acceptors (Lipinski definition) is 2. The summed E-state index contributed by atoms with van der Waals surface area (Å²) < 4.78 is 14.9. The van der Waals surface area contributed by atoms with Crippen LogP contribution in [0.3, 0.4) is 0 Å². The van der Waals surface area contributed by atoms with Crippen LogP contribution in [0.4, 0.5) is 4.39 Å². The zero-order valence-electron chi connectivity index (χ0n) is 12.7. The van der Waals surface area contributed by atoms with Crippen molar-refractivity contribution >= 4 is 0 Å². The average molecular weight is 287 g/mol. The van der Waals surface area contributed by atoms with Crippen LogP contribution < -0.4 is 0 Å². The second kappa shape index (κ2) is 5.98. The highest BCUT2D eigenvalue weighted by Gasteiger charge is 2.25. The molecular formula is C17H22FN3. The Kier molecular flexibility index (Phi) is 4.06. The van der Waals surface area contributed by atoms with E-state index in [9.17, 15) is 4.39 Å². The molecule has 0 N–H and O–H groups in total. The smallest absolute Gasteiger partial charge is 0.123 e. The monoisotopic (exact) mass is 287 g/mol. The van der Waals surface area contributed by atoms with Crippen molar-refractivity contribution in [1.29, 1.82) is 0 Å². The molecule has 1 unspecified atom stereocenters. The number of aryl methyl sites for hydroxylation is 1. The number of rotatable bonds is 3. The standard InChI is InChI=1S/C17H22FN3/c1-13(14-3-5-17(18)6-4-14)21-9-7-15(8-10-21)16-11-19-20(2)12-16/h3-6,11-13,15H,7-10H2,1-2H3. The van der Waals surface area contributed by atoms with E-state index in [1.165, 1.54) is 11.1 Å². The minimum atomic E-state index is -0.166. The average Bonchev–Trinajstić information content (AvgIpc) is 2.94. The van der Waals surface area contributed by atoms with E-state index in [4.69, 9.17) is 0 Å². The van der Waals surface area contributed by atoms with Crippen molar-refractivity contribution in [2.45, 2.75) is 31.7 Å². The fourth-order valence-corrected chi connectivity index (χ4v) is 3.22. The van der Waals surface area contributed by atoms with Crippen molar-refractivity contribution < 1.29 is 4.39 Å². The van der Waals surface area contributed by atoms with Gasteiger partial charge in [0.15, 0.2) is 0 Å². The van der Waals surface area contributed by atoms with Gasteiger partial charge in [-0.15, -0.1) is 0 Å². The van der Waals surface area contributed by atoms with Crippen molar-refractivity contribution in [3.05, 3.63) is 53.6 Å². The summed E-state index contributed by atoms with van der Waals surface area (Å²) in [4.78, 5) is 2.49. The maximum absolute atomic E-state index is 13.0. The summed E-state index contributed by atoms with van der Waals surface area (Å²) in [6.07, 6.45) is 6.45. The van der Waals surface area contributed by atoms with Gasteiger partial charge in [0.05, 0.1) is 6.20 Å². The lowest BCUT2D eigenvalue weighted by Gasteiger charge is -2.36. The zero-order chi connectivity index (χ0) is 14.8. The molecule has 1 atom stereocenters. The summed E-state index contributed by atoms with van der Waals surface area (Å²) >= 11 is 0. The largest absolute Gasteiger partial charge is 0.297 e. The lowest BCUT2D eigenvalue weighted by Crippen LogP contribution is -2.35. The van der Waals surface area contributed by atoms with E-state index >= 15 is 0 Å². The second-order valence-corrected chi connectivity index (χ2v) is 5.99. The molecule has 1 saturated heterocycles. The molecule has 3 rings (SSSR count). The Morgan fingerprint density at radius 2 is 1.86 bits per heavy atom. The molecule has 0 spiro atoms. The molecule has 3 nitrogen and oxygen atoms in total. The number of likely N-dealkylation sites (tertiary alicyclic amines) is 1. The van der Waals surface area contributed by atoms with E-state index in [2.05, 4.69) is 23.1 Å². The van der Waals surface area contributed by atoms with Gasteiger partial charge in [-0.25, -0.2) is 4.39 Å². The number of piperidine rings is 1. The highest BCUT2D eigenvalue weighted by Crippen LogP contribution is 2.31. The van der Waals surface area contributed by atoms with E-state index in [1.807, 2.05) is 30.1 Å². The maximum Gasteiger partial charge on any atom is 0.123 e. The Balaban J connectivity index is 1.61. The highest BCUT2D eigenvalue weighted by atomic mass is 19.1. The molecule has 0 amide bonds. The predicted molar refractivity (Wildman–Crippen MR) is 81.6 cm³/mol. The summed E-state index contributed by atoms with van der Waals surface area (Å²) in [6.45, 7) is 4.37. The van der Waals surface area contributed by atoms with E-state index in [0.717, 1.165) is 25.9 Å². The van der Waals surface area contributed by atoms with Gasteiger partial charge in [0.1, 0.15) is 5.82 Å². The minimum absolute atomic E-state index is 0.166. The Labute approximate surface area is 125 Å². The minimum Gasteiger partial charge on any atom is -0.297 e. The van der Waals surface area contributed by atoms with Gasteiger partial charge in [0.25, 0.3) is 0 Å². The van der Waals surface area contributed by atoms with Gasteiger partial charge in [-0.3, -0.25) is 9.58 Å². The van der Waals surface area contributed by atoms with Crippen LogP contribution >= 0.6 is 0 Å². The number of benzene rings is 1. The fraction of sp³-hybridized carbons (Fsp3) is 0.471. The van der Waals surface area contributed by atoms with E-state index in [-0.39, 0.29) is 5.82 Å². The van der Waals surface area contributed by atoms with Crippen molar-refractivity contribution in [2.24, 2.45) is 7.05 Å². The summed E-state index contributed by atoms with van der Waals surface area (Å²) in [6, 6.07) is 7.24. The third-order valence-corrected chi connectivity index (χ3v) is 4.63. The fourth-order valence-electron chi connectivity index (χ4n) is 3.22. The SMILES string of the molecule is CC(c1ccc(F)cc1)N1CCC(c2cnn(C)c2)CC1. The molecule has 21 heavy (non-hydrogen) atoms. The molecule has 2 aromatic rings. The van der Waals surface area contributed by atoms with E-state index < -0.39 is 0 Å². The molecule has 0 aliphatic carbocycles. The first-order valence-electron chi connectivity index (χ1n) is 7.61. The first kappa shape index (κ1) is 14.3. The Morgan fingerprint density at radius 3 is 2.43 bits per heavy atom. The lowest BCUT2D eigenvalue weighted by molar-refractivity contribution is 0.162. The van der Waals surface area contributed by atoms with Crippen LogP contribution in [0.1, 0.15) is 42.9 Å². The summed E-state index contributed by atoms with van der Waals surface area (Å²) in [5.74, 6) is 0.455. The van der Waals surface area contributed by atoms with Gasteiger partial charge >= 0.3 is 0 Å². The van der Waals surface area contributed by atoms with Gasteiger partial charge < -0.3 is 0 Å². The number of nitrogens with zero attached hydrogens (tertiary/aromatic N) is 3. The van der Waals surface area contributed by atoms with E-state index in [0.29, 0.717) is 12.0 Å². The molecule has 0 saturated carbocycles. The molecule has 1 fully saturated rings. The topological polar surface area (TPSA) is 21.1 Å². The van der Waals surface area contributed by atoms with Gasteiger partial charge in [-0.2, -0.15) is 5.10 Å². The molecule has 1 aromatic carbocycles. The van der Waals surface area contributed by atoms with Crippen LogP contribution in [0, 0.1) is 5.82 Å². The first-order valence-corrected chi connectivity index (χ1v) is 7.61.